The van der Waals surface area contributed by atoms with E-state index < -0.39 is 35.8 Å². The number of carboxylic acid groups (broad SMARTS) is 1. The largest absolute Gasteiger partial charge is 0.495 e. The molecule has 0 radical (unpaired) electrons. The summed E-state index contributed by atoms with van der Waals surface area (Å²) in [5, 5.41) is 22.9. The number of aliphatic hydroxyl groups is 1. The Bertz CT molecular complexity index is 1720. The van der Waals surface area contributed by atoms with Crippen LogP contribution in [0.1, 0.15) is 61.9 Å². The van der Waals surface area contributed by atoms with Gasteiger partial charge in [-0.05, 0) is 62.6 Å². The maximum absolute atomic E-state index is 12.9. The number of alkyl carbamates (subject to hydrolysis) is 1. The molecule has 0 spiro atoms. The molecule has 5 N–H and O–H groups in total. The average molecular weight is 798 g/mol. The molecule has 3 unspecified atom stereocenters. The Hall–Kier alpha value is -4.01. The first-order valence-electron chi connectivity index (χ1n) is 16.8. The van der Waals surface area contributed by atoms with Crippen molar-refractivity contribution in [1.82, 2.24) is 10.2 Å². The van der Waals surface area contributed by atoms with Crippen LogP contribution < -0.4 is 20.7 Å². The maximum Gasteiger partial charge on any atom is 0.409 e. The summed E-state index contributed by atoms with van der Waals surface area (Å²) in [5.41, 5.74) is 7.45. The van der Waals surface area contributed by atoms with Crippen molar-refractivity contribution in [2.45, 2.75) is 82.5 Å². The van der Waals surface area contributed by atoms with Gasteiger partial charge in [-0.3, -0.25) is 14.9 Å². The summed E-state index contributed by atoms with van der Waals surface area (Å²) in [6.45, 7) is 3.43. The lowest BCUT2D eigenvalue weighted by molar-refractivity contribution is -0.141. The van der Waals surface area contributed by atoms with E-state index in [0.717, 1.165) is 16.0 Å². The molecule has 0 aliphatic carbocycles. The van der Waals surface area contributed by atoms with Crippen LogP contribution in [0.5, 0.6) is 5.75 Å². The molecule has 3 amide bonds. The molecule has 53 heavy (non-hydrogen) atoms. The van der Waals surface area contributed by atoms with Crippen molar-refractivity contribution in [3.05, 3.63) is 75.3 Å². The van der Waals surface area contributed by atoms with Gasteiger partial charge in [0.1, 0.15) is 28.6 Å². The highest BCUT2D eigenvalue weighted by Gasteiger charge is 2.45. The maximum atomic E-state index is 12.9. The van der Waals surface area contributed by atoms with Crippen molar-refractivity contribution >= 4 is 70.1 Å². The first kappa shape index (κ1) is 43.4. The molecule has 2 aromatic rings. The summed E-state index contributed by atoms with van der Waals surface area (Å²) in [7, 11) is 4.68. The molecular weight excluding hydrogens is 751 g/mol. The van der Waals surface area contributed by atoms with E-state index in [1.807, 2.05) is 37.3 Å². The van der Waals surface area contributed by atoms with E-state index in [-0.39, 0.29) is 36.0 Å². The van der Waals surface area contributed by atoms with Crippen molar-refractivity contribution in [1.29, 1.82) is 0 Å². The zero-order valence-corrected chi connectivity index (χ0v) is 32.8. The van der Waals surface area contributed by atoms with Gasteiger partial charge in [0.2, 0.25) is 5.91 Å². The van der Waals surface area contributed by atoms with Gasteiger partial charge in [-0.2, -0.15) is 0 Å². The van der Waals surface area contributed by atoms with Gasteiger partial charge < -0.3 is 40.0 Å². The van der Waals surface area contributed by atoms with E-state index in [2.05, 4.69) is 16.9 Å². The average Bonchev–Trinajstić information content (AvgIpc) is 3.87. The third-order valence-corrected chi connectivity index (χ3v) is 9.70. The Labute approximate surface area is 324 Å². The number of nitrogen functional groups attached to an aromatic ring is 1. The highest BCUT2D eigenvalue weighted by molar-refractivity contribution is 6.35. The lowest BCUT2D eigenvalue weighted by Crippen LogP contribution is -2.56. The lowest BCUT2D eigenvalue weighted by atomic mass is 9.96. The summed E-state index contributed by atoms with van der Waals surface area (Å²) in [4.78, 5) is 50.3. The second kappa shape index (κ2) is 19.4. The van der Waals surface area contributed by atoms with E-state index in [1.54, 1.807) is 19.1 Å². The van der Waals surface area contributed by atoms with Crippen molar-refractivity contribution in [2.75, 3.05) is 38.2 Å². The minimum absolute atomic E-state index is 0.0777. The fraction of sp³-hybridized carbons (Fsp3) is 0.459. The van der Waals surface area contributed by atoms with Gasteiger partial charge in [-0.1, -0.05) is 47.0 Å². The molecule has 2 fully saturated rings. The van der Waals surface area contributed by atoms with Gasteiger partial charge in [0, 0.05) is 51.7 Å². The van der Waals surface area contributed by atoms with E-state index in [0.29, 0.717) is 53.4 Å². The van der Waals surface area contributed by atoms with Crippen LogP contribution in [0.4, 0.5) is 16.2 Å². The minimum atomic E-state index is -1.37. The number of amides is 3. The highest BCUT2D eigenvalue weighted by Crippen LogP contribution is 2.38. The van der Waals surface area contributed by atoms with E-state index in [9.17, 15) is 24.3 Å². The van der Waals surface area contributed by atoms with Crippen molar-refractivity contribution in [2.24, 2.45) is 0 Å². The zero-order chi connectivity index (χ0) is 39.6. The quantitative estimate of drug-likeness (QED) is 0.158. The molecule has 5 rings (SSSR count). The molecule has 290 valence electrons. The number of hydrogen-bond donors (Lipinski definition) is 4. The minimum Gasteiger partial charge on any atom is -0.495 e. The highest BCUT2D eigenvalue weighted by atomic mass is 35.5. The van der Waals surface area contributed by atoms with Crippen molar-refractivity contribution in [3.8, 4) is 5.75 Å². The number of nitrogens with zero attached hydrogens (tertiary/aromatic N) is 2. The molecule has 13 nitrogen and oxygen atoms in total. The van der Waals surface area contributed by atoms with Gasteiger partial charge in [-0.15, -0.1) is 11.6 Å². The number of ether oxygens (including phenoxy) is 3. The second-order valence-corrected chi connectivity index (χ2v) is 13.7. The Morgan fingerprint density at radius 2 is 1.87 bits per heavy atom. The molecule has 3 aliphatic rings. The number of anilines is 2. The number of alkyl halides is 1. The van der Waals surface area contributed by atoms with Gasteiger partial charge in [0.25, 0.3) is 5.91 Å². The molecule has 4 bridgehead atoms. The summed E-state index contributed by atoms with van der Waals surface area (Å²) >= 11 is 17.0. The van der Waals surface area contributed by atoms with Crippen LogP contribution in [0.3, 0.4) is 0 Å². The number of carbonyl (C=O) groups is 4. The third-order valence-electron chi connectivity index (χ3n) is 9.00. The number of halogens is 3. The summed E-state index contributed by atoms with van der Waals surface area (Å²) in [5.74, 6) is -1.05. The number of carboxylic acids is 1. The standard InChI is InChI=1S/C25H31ClN2O6.C11H13ClN2O3.CH3Cl/c1-15-6-4-5-9-25(31)14-17(33-24(30)27-25)13-20-19(34-20)7-8-22(29)28(2)18-11-16(10-15)12-21(32-3)23(18)26;1-6(11(16)17)14(2)10(15)7-3-4-9(13)8(12)5-7;1-2/h4-6,11-12,17,19-20,31H,7-10,13-14H2,1-3H3,(H,27,30);3-6H,13H2,1-2H3,(H,16,17);1H3/b5-4+,15-6+;;/t17?,19?,20?,25-;6-;/m10./s1. The fourth-order valence-corrected chi connectivity index (χ4v) is 6.28. The van der Waals surface area contributed by atoms with Crippen LogP contribution >= 0.6 is 34.8 Å². The normalized spacial score (nSPS) is 24.8. The van der Waals surface area contributed by atoms with Crippen LogP contribution in [0, 0.1) is 0 Å². The van der Waals surface area contributed by atoms with Gasteiger partial charge in [0.15, 0.2) is 0 Å². The SMILES string of the molecule is CCl.COc1cc2cc(c1Cl)N(C)C(=O)CCC1OC1CC1C[C@](O)(C/C=C/C=C(\C)C2)NC(=O)O1.C[C@@H](C(=O)O)N(C)C(=O)c1ccc(N)c(Cl)c1. The number of carbonyl (C=O) groups excluding carboxylic acids is 3. The van der Waals surface area contributed by atoms with Crippen molar-refractivity contribution < 1.29 is 43.6 Å². The van der Waals surface area contributed by atoms with E-state index in [4.69, 9.17) is 48.3 Å². The number of likely N-dealkylation sites (N-methyl/N-ethyl adjacent to an activating group) is 1. The monoisotopic (exact) mass is 796 g/mol. The van der Waals surface area contributed by atoms with Crippen LogP contribution in [0.2, 0.25) is 10.0 Å². The summed E-state index contributed by atoms with van der Waals surface area (Å²) in [6.07, 6.45) is 8.33. The van der Waals surface area contributed by atoms with Crippen LogP contribution in [0.15, 0.2) is 54.1 Å². The molecule has 2 saturated heterocycles. The van der Waals surface area contributed by atoms with Gasteiger partial charge in [0.05, 0.1) is 35.7 Å². The zero-order valence-electron chi connectivity index (χ0n) is 30.5. The van der Waals surface area contributed by atoms with Crippen LogP contribution in [0.25, 0.3) is 0 Å². The molecule has 0 saturated carbocycles. The van der Waals surface area contributed by atoms with E-state index in [1.165, 1.54) is 38.6 Å². The predicted molar refractivity (Wildman–Crippen MR) is 205 cm³/mol. The number of aliphatic carboxylic acids is 1. The van der Waals surface area contributed by atoms with Gasteiger partial charge in [-0.25, -0.2) is 9.59 Å². The van der Waals surface area contributed by atoms with Crippen LogP contribution in [-0.2, 0) is 25.5 Å². The van der Waals surface area contributed by atoms with Gasteiger partial charge >= 0.3 is 12.1 Å². The lowest BCUT2D eigenvalue weighted by Gasteiger charge is -2.36. The predicted octanol–water partition coefficient (Wildman–Crippen LogP) is 6.21. The fourth-order valence-electron chi connectivity index (χ4n) is 5.79. The number of methoxy groups -OCH3 is 1. The number of fused-ring (bicyclic) bond motifs is 5. The number of hydrogen-bond acceptors (Lipinski definition) is 9. The molecule has 3 heterocycles. The smallest absolute Gasteiger partial charge is 0.409 e. The first-order valence-corrected chi connectivity index (χ1v) is 18.3. The summed E-state index contributed by atoms with van der Waals surface area (Å²) in [6, 6.07) is 7.32. The number of epoxide rings is 1. The third kappa shape index (κ3) is 12.0. The molecule has 3 aliphatic heterocycles. The Morgan fingerprint density at radius 3 is 2.51 bits per heavy atom. The van der Waals surface area contributed by atoms with E-state index >= 15 is 0 Å². The second-order valence-electron chi connectivity index (χ2n) is 12.9. The topological polar surface area (TPSA) is 184 Å². The number of allylic oxidation sites excluding steroid dienone is 3. The van der Waals surface area contributed by atoms with Crippen LogP contribution in [-0.4, -0.2) is 96.7 Å². The molecule has 5 atom stereocenters. The number of benzene rings is 2. The number of nitrogens with one attached hydrogen (secondary N) is 1. The Morgan fingerprint density at radius 1 is 1.17 bits per heavy atom. The molecular formula is C37H47Cl3N4O9. The molecule has 2 aromatic carbocycles. The first-order chi connectivity index (χ1) is 25.0. The molecule has 0 aromatic heterocycles. The number of rotatable bonds is 4. The van der Waals surface area contributed by atoms with Crippen molar-refractivity contribution in [3.63, 3.8) is 0 Å². The Balaban J connectivity index is 0.000000335. The Kier molecular flexibility index (Phi) is 15.8. The summed E-state index contributed by atoms with van der Waals surface area (Å²) < 4.78 is 16.5. The number of nitrogens with two attached hydrogens (primary N) is 1. The molecule has 16 heteroatoms.